The van der Waals surface area contributed by atoms with Crippen LogP contribution in [-0.2, 0) is 0 Å². The van der Waals surface area contributed by atoms with Crippen LogP contribution in [0.1, 0.15) is 10.4 Å². The molecular formula is C13H10FN3S2. The maximum Gasteiger partial charge on any atom is 0.128 e. The fourth-order valence-electron chi connectivity index (χ4n) is 1.40. The molecule has 2 aromatic rings. The van der Waals surface area contributed by atoms with Gasteiger partial charge in [-0.25, -0.2) is 4.39 Å². The van der Waals surface area contributed by atoms with Gasteiger partial charge in [-0.1, -0.05) is 0 Å². The predicted octanol–water partition coefficient (Wildman–Crippen LogP) is 3.96. The molecule has 0 spiro atoms. The highest BCUT2D eigenvalue weighted by atomic mass is 32.2. The number of thioether (sulfide) groups is 1. The number of hydrogen-bond donors (Lipinski definition) is 1. The van der Waals surface area contributed by atoms with Gasteiger partial charge in [0.05, 0.1) is 4.88 Å². The number of benzene rings is 1. The van der Waals surface area contributed by atoms with Crippen LogP contribution in [0.5, 0.6) is 0 Å². The third-order valence-electron chi connectivity index (χ3n) is 2.32. The number of anilines is 1. The largest absolute Gasteiger partial charge is 0.362 e. The second-order valence-corrected chi connectivity index (χ2v) is 5.13. The minimum atomic E-state index is -0.270. The fourth-order valence-corrected chi connectivity index (χ4v) is 2.87. The van der Waals surface area contributed by atoms with Crippen LogP contribution in [0.2, 0.25) is 0 Å². The van der Waals surface area contributed by atoms with Gasteiger partial charge in [0.15, 0.2) is 0 Å². The number of rotatable bonds is 4. The second kappa shape index (κ2) is 6.36. The van der Waals surface area contributed by atoms with Crippen LogP contribution < -0.4 is 5.32 Å². The molecule has 0 bridgehead atoms. The van der Waals surface area contributed by atoms with Gasteiger partial charge in [-0.15, -0.1) is 11.8 Å². The topological polar surface area (TPSA) is 48.7 Å². The molecule has 0 unspecified atom stereocenters. The molecule has 0 atom stereocenters. The highest BCUT2D eigenvalue weighted by molar-refractivity contribution is 7.98. The van der Waals surface area contributed by atoms with Crippen LogP contribution in [0.15, 0.2) is 35.5 Å². The molecule has 0 saturated heterocycles. The van der Waals surface area contributed by atoms with E-state index >= 15 is 0 Å². The SMILES string of the molecule is CSc1nsc(C=CNc2ccc(F)cc2)c1C#N. The molecule has 0 amide bonds. The van der Waals surface area contributed by atoms with Gasteiger partial charge in [0, 0.05) is 11.9 Å². The van der Waals surface area contributed by atoms with Gasteiger partial charge in [-0.05, 0) is 48.1 Å². The number of nitrogens with one attached hydrogen (secondary N) is 1. The number of nitriles is 1. The van der Waals surface area contributed by atoms with Crippen molar-refractivity contribution < 1.29 is 4.39 Å². The van der Waals surface area contributed by atoms with Crippen molar-refractivity contribution in [1.82, 2.24) is 4.37 Å². The Kier molecular flexibility index (Phi) is 4.55. The van der Waals surface area contributed by atoms with E-state index in [1.54, 1.807) is 24.4 Å². The monoisotopic (exact) mass is 291 g/mol. The Morgan fingerprint density at radius 1 is 1.42 bits per heavy atom. The van der Waals surface area contributed by atoms with Crippen LogP contribution in [-0.4, -0.2) is 10.6 Å². The molecule has 0 aliphatic carbocycles. The first-order valence-corrected chi connectivity index (χ1v) is 7.37. The third kappa shape index (κ3) is 3.34. The van der Waals surface area contributed by atoms with E-state index in [1.807, 2.05) is 6.26 Å². The quantitative estimate of drug-likeness (QED) is 0.866. The maximum absolute atomic E-state index is 12.7. The van der Waals surface area contributed by atoms with Crippen molar-refractivity contribution in [2.24, 2.45) is 0 Å². The summed E-state index contributed by atoms with van der Waals surface area (Å²) in [7, 11) is 0. The van der Waals surface area contributed by atoms with Gasteiger partial charge >= 0.3 is 0 Å². The van der Waals surface area contributed by atoms with Crippen molar-refractivity contribution in [2.75, 3.05) is 11.6 Å². The summed E-state index contributed by atoms with van der Waals surface area (Å²) in [6, 6.07) is 8.21. The molecule has 1 N–H and O–H groups in total. The molecule has 1 heterocycles. The summed E-state index contributed by atoms with van der Waals surface area (Å²) in [6.45, 7) is 0. The zero-order chi connectivity index (χ0) is 13.7. The third-order valence-corrected chi connectivity index (χ3v) is 3.93. The summed E-state index contributed by atoms with van der Waals surface area (Å²) < 4.78 is 16.9. The van der Waals surface area contributed by atoms with Gasteiger partial charge in [0.1, 0.15) is 22.5 Å². The van der Waals surface area contributed by atoms with Gasteiger partial charge in [-0.3, -0.25) is 0 Å². The zero-order valence-corrected chi connectivity index (χ0v) is 11.7. The molecule has 96 valence electrons. The molecule has 0 aliphatic rings. The summed E-state index contributed by atoms with van der Waals surface area (Å²) in [5.41, 5.74) is 1.38. The van der Waals surface area contributed by atoms with E-state index in [9.17, 15) is 4.39 Å². The summed E-state index contributed by atoms with van der Waals surface area (Å²) >= 11 is 2.74. The molecule has 1 aromatic carbocycles. The van der Waals surface area contributed by atoms with E-state index in [0.717, 1.165) is 15.6 Å². The van der Waals surface area contributed by atoms with Crippen molar-refractivity contribution in [1.29, 1.82) is 5.26 Å². The van der Waals surface area contributed by atoms with Gasteiger partial charge in [-0.2, -0.15) is 9.64 Å². The van der Waals surface area contributed by atoms with Crippen molar-refractivity contribution in [3.8, 4) is 6.07 Å². The molecule has 0 radical (unpaired) electrons. The first-order valence-electron chi connectivity index (χ1n) is 5.37. The summed E-state index contributed by atoms with van der Waals surface area (Å²) in [6.07, 6.45) is 5.39. The van der Waals surface area contributed by atoms with Crippen LogP contribution >= 0.6 is 23.3 Å². The highest BCUT2D eigenvalue weighted by Crippen LogP contribution is 2.26. The average Bonchev–Trinajstić information content (AvgIpc) is 2.83. The number of aromatic nitrogens is 1. The first kappa shape index (κ1) is 13.6. The Morgan fingerprint density at radius 3 is 2.79 bits per heavy atom. The van der Waals surface area contributed by atoms with Gasteiger partial charge in [0.2, 0.25) is 0 Å². The smallest absolute Gasteiger partial charge is 0.128 e. The van der Waals surface area contributed by atoms with E-state index in [1.165, 1.54) is 35.4 Å². The first-order chi connectivity index (χ1) is 9.24. The van der Waals surface area contributed by atoms with E-state index in [0.29, 0.717) is 5.56 Å². The van der Waals surface area contributed by atoms with Crippen LogP contribution in [0, 0.1) is 17.1 Å². The highest BCUT2D eigenvalue weighted by Gasteiger charge is 2.09. The van der Waals surface area contributed by atoms with Gasteiger partial charge in [0.25, 0.3) is 0 Å². The molecule has 19 heavy (non-hydrogen) atoms. The van der Waals surface area contributed by atoms with Gasteiger partial charge < -0.3 is 5.32 Å². The van der Waals surface area contributed by atoms with E-state index in [2.05, 4.69) is 15.8 Å². The van der Waals surface area contributed by atoms with E-state index in [-0.39, 0.29) is 5.82 Å². The molecule has 0 fully saturated rings. The molecular weight excluding hydrogens is 281 g/mol. The molecule has 6 heteroatoms. The Labute approximate surface area is 118 Å². The van der Waals surface area contributed by atoms with Crippen molar-refractivity contribution in [3.05, 3.63) is 46.7 Å². The Bertz CT molecular complexity index is 626. The van der Waals surface area contributed by atoms with E-state index in [4.69, 9.17) is 5.26 Å². The zero-order valence-electron chi connectivity index (χ0n) is 10.1. The van der Waals surface area contributed by atoms with Crippen LogP contribution in [0.4, 0.5) is 10.1 Å². The van der Waals surface area contributed by atoms with Crippen molar-refractivity contribution in [2.45, 2.75) is 5.03 Å². The molecule has 3 nitrogen and oxygen atoms in total. The lowest BCUT2D eigenvalue weighted by molar-refractivity contribution is 0.628. The minimum Gasteiger partial charge on any atom is -0.362 e. The maximum atomic E-state index is 12.7. The summed E-state index contributed by atoms with van der Waals surface area (Å²) in [5, 5.41) is 12.8. The predicted molar refractivity (Wildman–Crippen MR) is 77.7 cm³/mol. The Morgan fingerprint density at radius 2 is 2.16 bits per heavy atom. The lowest BCUT2D eigenvalue weighted by Crippen LogP contribution is -1.87. The summed E-state index contributed by atoms with van der Waals surface area (Å²) in [5.74, 6) is -0.270. The fraction of sp³-hybridized carbons (Fsp3) is 0.0769. The average molecular weight is 291 g/mol. The van der Waals surface area contributed by atoms with Crippen LogP contribution in [0.3, 0.4) is 0 Å². The van der Waals surface area contributed by atoms with Crippen molar-refractivity contribution in [3.63, 3.8) is 0 Å². The molecule has 0 aliphatic heterocycles. The lowest BCUT2D eigenvalue weighted by Gasteiger charge is -1.99. The Balaban J connectivity index is 2.09. The second-order valence-electron chi connectivity index (χ2n) is 3.53. The lowest BCUT2D eigenvalue weighted by atomic mass is 10.3. The number of halogens is 1. The summed E-state index contributed by atoms with van der Waals surface area (Å²) in [4.78, 5) is 0.807. The minimum absolute atomic E-state index is 0.270. The molecule has 0 saturated carbocycles. The standard InChI is InChI=1S/C13H10FN3S2/c1-18-13-11(8-15)12(19-17-13)6-7-16-10-4-2-9(14)3-5-10/h2-7,16H,1H3. The van der Waals surface area contributed by atoms with E-state index < -0.39 is 0 Å². The molecule has 2 rings (SSSR count). The van der Waals surface area contributed by atoms with Crippen molar-refractivity contribution >= 4 is 35.1 Å². The number of nitrogens with zero attached hydrogens (tertiary/aromatic N) is 2. The number of hydrogen-bond acceptors (Lipinski definition) is 5. The molecule has 1 aromatic heterocycles. The van der Waals surface area contributed by atoms with Crippen LogP contribution in [0.25, 0.3) is 6.08 Å². The normalized spacial score (nSPS) is 10.6. The Hall–Kier alpha value is -1.84.